The van der Waals surface area contributed by atoms with Crippen molar-refractivity contribution in [3.05, 3.63) is 28.8 Å². The van der Waals surface area contributed by atoms with Gasteiger partial charge in [0.1, 0.15) is 12.4 Å². The van der Waals surface area contributed by atoms with Crippen molar-refractivity contribution >= 4 is 11.6 Å². The van der Waals surface area contributed by atoms with Gasteiger partial charge in [-0.1, -0.05) is 17.7 Å². The van der Waals surface area contributed by atoms with E-state index in [0.717, 1.165) is 30.3 Å². The van der Waals surface area contributed by atoms with E-state index in [0.29, 0.717) is 17.7 Å². The summed E-state index contributed by atoms with van der Waals surface area (Å²) in [5, 5.41) is 0.700. The number of nitrogens with zero attached hydrogens (tertiary/aromatic N) is 2. The molecule has 0 bridgehead atoms. The quantitative estimate of drug-likeness (QED) is 0.760. The molecule has 1 atom stereocenters. The van der Waals surface area contributed by atoms with Crippen LogP contribution in [0.4, 0.5) is 0 Å². The van der Waals surface area contributed by atoms with Crippen LogP contribution < -0.4 is 4.74 Å². The molecular weight excluding hydrogens is 296 g/mol. The molecule has 1 aliphatic rings. The minimum atomic E-state index is 0.669. The topological polar surface area (TPSA) is 15.7 Å². The zero-order valence-electron chi connectivity index (χ0n) is 14.3. The molecule has 2 rings (SSSR count). The highest BCUT2D eigenvalue weighted by Crippen LogP contribution is 2.25. The van der Waals surface area contributed by atoms with E-state index in [4.69, 9.17) is 16.3 Å². The van der Waals surface area contributed by atoms with E-state index in [2.05, 4.69) is 30.7 Å². The van der Waals surface area contributed by atoms with Crippen LogP contribution >= 0.6 is 11.6 Å². The van der Waals surface area contributed by atoms with Gasteiger partial charge in [-0.25, -0.2) is 0 Å². The van der Waals surface area contributed by atoms with Crippen molar-refractivity contribution in [1.82, 2.24) is 9.80 Å². The number of likely N-dealkylation sites (N-methyl/N-ethyl adjacent to an activating group) is 1. The van der Waals surface area contributed by atoms with E-state index in [1.807, 2.05) is 25.1 Å². The molecule has 3 nitrogen and oxygen atoms in total. The largest absolute Gasteiger partial charge is 0.491 e. The lowest BCUT2D eigenvalue weighted by atomic mass is 10.1. The second kappa shape index (κ2) is 8.19. The van der Waals surface area contributed by atoms with Gasteiger partial charge in [0.15, 0.2) is 0 Å². The molecule has 1 unspecified atom stereocenters. The highest BCUT2D eigenvalue weighted by Gasteiger charge is 2.24. The summed E-state index contributed by atoms with van der Waals surface area (Å²) >= 11 is 6.18. The third-order valence-electron chi connectivity index (χ3n) is 4.44. The zero-order valence-corrected chi connectivity index (χ0v) is 15.1. The van der Waals surface area contributed by atoms with Gasteiger partial charge in [-0.3, -0.25) is 0 Å². The fourth-order valence-corrected chi connectivity index (χ4v) is 3.34. The average Bonchev–Trinajstić information content (AvgIpc) is 2.90. The molecule has 0 N–H and O–H groups in total. The lowest BCUT2D eigenvalue weighted by Gasteiger charge is -2.23. The van der Waals surface area contributed by atoms with E-state index < -0.39 is 0 Å². The lowest BCUT2D eigenvalue weighted by Crippen LogP contribution is -2.33. The summed E-state index contributed by atoms with van der Waals surface area (Å²) in [7, 11) is 2.18. The molecule has 1 aromatic carbocycles. The molecule has 0 spiro atoms. The van der Waals surface area contributed by atoms with Crippen LogP contribution in [0, 0.1) is 12.8 Å². The van der Waals surface area contributed by atoms with Crippen molar-refractivity contribution < 1.29 is 4.74 Å². The first-order chi connectivity index (χ1) is 10.5. The Morgan fingerprint density at radius 3 is 2.82 bits per heavy atom. The number of likely N-dealkylation sites (tertiary alicyclic amines) is 1. The number of hydrogen-bond donors (Lipinski definition) is 0. The summed E-state index contributed by atoms with van der Waals surface area (Å²) in [6.07, 6.45) is 1.31. The maximum absolute atomic E-state index is 6.18. The summed E-state index contributed by atoms with van der Waals surface area (Å²) in [4.78, 5) is 4.94. The van der Waals surface area contributed by atoms with Gasteiger partial charge in [0.2, 0.25) is 0 Å². The van der Waals surface area contributed by atoms with Crippen LogP contribution in [-0.4, -0.2) is 55.7 Å². The van der Waals surface area contributed by atoms with Gasteiger partial charge in [0.05, 0.1) is 5.02 Å². The molecule has 0 saturated carbocycles. The Bertz CT molecular complexity index is 478. The van der Waals surface area contributed by atoms with Crippen LogP contribution in [-0.2, 0) is 0 Å². The predicted molar refractivity (Wildman–Crippen MR) is 94.0 cm³/mol. The van der Waals surface area contributed by atoms with E-state index in [1.165, 1.54) is 19.5 Å². The third kappa shape index (κ3) is 5.15. The minimum absolute atomic E-state index is 0.669. The number of hydrogen-bond acceptors (Lipinski definition) is 3. The van der Waals surface area contributed by atoms with Crippen molar-refractivity contribution in [2.24, 2.45) is 5.92 Å². The van der Waals surface area contributed by atoms with Crippen molar-refractivity contribution in [2.45, 2.75) is 33.2 Å². The number of aryl methyl sites for hydroxylation is 1. The number of halogens is 1. The predicted octanol–water partition coefficient (Wildman–Crippen LogP) is 3.69. The van der Waals surface area contributed by atoms with Gasteiger partial charge >= 0.3 is 0 Å². The molecule has 1 saturated heterocycles. The first-order valence-corrected chi connectivity index (χ1v) is 8.65. The Balaban J connectivity index is 1.69. The normalized spacial score (nSPS) is 19.3. The highest BCUT2D eigenvalue weighted by molar-refractivity contribution is 6.32. The van der Waals surface area contributed by atoms with Crippen LogP contribution in [0.25, 0.3) is 0 Å². The van der Waals surface area contributed by atoms with Crippen LogP contribution in [0.1, 0.15) is 25.8 Å². The SMILES string of the molecule is Cc1ccc(OCCN(C)CC2CCN(C(C)C)C2)c(Cl)c1. The third-order valence-corrected chi connectivity index (χ3v) is 4.73. The molecular formula is C18H29ClN2O. The maximum Gasteiger partial charge on any atom is 0.137 e. The molecule has 1 aliphatic heterocycles. The second-order valence-electron chi connectivity index (χ2n) is 6.79. The van der Waals surface area contributed by atoms with E-state index in [1.54, 1.807) is 0 Å². The molecule has 0 amide bonds. The van der Waals surface area contributed by atoms with Gasteiger partial charge in [0, 0.05) is 25.7 Å². The summed E-state index contributed by atoms with van der Waals surface area (Å²) in [6.45, 7) is 11.8. The first kappa shape index (κ1) is 17.6. The van der Waals surface area contributed by atoms with Crippen molar-refractivity contribution in [2.75, 3.05) is 39.8 Å². The van der Waals surface area contributed by atoms with Crippen LogP contribution in [0.2, 0.25) is 5.02 Å². The maximum atomic E-state index is 6.18. The Hall–Kier alpha value is -0.770. The van der Waals surface area contributed by atoms with Gasteiger partial charge in [-0.05, 0) is 64.4 Å². The molecule has 124 valence electrons. The summed E-state index contributed by atoms with van der Waals surface area (Å²) < 4.78 is 5.80. The number of benzene rings is 1. The van der Waals surface area contributed by atoms with Crippen molar-refractivity contribution in [1.29, 1.82) is 0 Å². The molecule has 22 heavy (non-hydrogen) atoms. The summed E-state index contributed by atoms with van der Waals surface area (Å²) in [5.74, 6) is 1.57. The molecule has 0 aromatic heterocycles. The Labute approximate surface area is 140 Å². The van der Waals surface area contributed by atoms with E-state index in [9.17, 15) is 0 Å². The van der Waals surface area contributed by atoms with E-state index in [-0.39, 0.29) is 0 Å². The summed E-state index contributed by atoms with van der Waals surface area (Å²) in [6, 6.07) is 6.60. The highest BCUT2D eigenvalue weighted by atomic mass is 35.5. The minimum Gasteiger partial charge on any atom is -0.491 e. The molecule has 1 fully saturated rings. The standard InChI is InChI=1S/C18H29ClN2O/c1-14(2)21-8-7-16(13-21)12-20(4)9-10-22-18-6-5-15(3)11-17(18)19/h5-6,11,14,16H,7-10,12-13H2,1-4H3. The van der Waals surface area contributed by atoms with Gasteiger partial charge in [0.25, 0.3) is 0 Å². The number of ether oxygens (including phenoxy) is 1. The average molecular weight is 325 g/mol. The smallest absolute Gasteiger partial charge is 0.137 e. The lowest BCUT2D eigenvalue weighted by molar-refractivity contribution is 0.206. The van der Waals surface area contributed by atoms with Crippen LogP contribution in [0.3, 0.4) is 0 Å². The second-order valence-corrected chi connectivity index (χ2v) is 7.20. The molecule has 1 aromatic rings. The molecule has 4 heteroatoms. The Morgan fingerprint density at radius 2 is 2.18 bits per heavy atom. The van der Waals surface area contributed by atoms with Crippen LogP contribution in [0.15, 0.2) is 18.2 Å². The monoisotopic (exact) mass is 324 g/mol. The van der Waals surface area contributed by atoms with Crippen LogP contribution in [0.5, 0.6) is 5.75 Å². The molecule has 0 aliphatic carbocycles. The fraction of sp³-hybridized carbons (Fsp3) is 0.667. The number of rotatable bonds is 7. The zero-order chi connectivity index (χ0) is 16.1. The van der Waals surface area contributed by atoms with Gasteiger partial charge < -0.3 is 14.5 Å². The first-order valence-electron chi connectivity index (χ1n) is 8.27. The fourth-order valence-electron chi connectivity index (χ4n) is 3.05. The van der Waals surface area contributed by atoms with E-state index >= 15 is 0 Å². The van der Waals surface area contributed by atoms with Gasteiger partial charge in [-0.15, -0.1) is 0 Å². The van der Waals surface area contributed by atoms with Gasteiger partial charge in [-0.2, -0.15) is 0 Å². The molecule has 0 radical (unpaired) electrons. The summed E-state index contributed by atoms with van der Waals surface area (Å²) in [5.41, 5.74) is 1.16. The molecule has 1 heterocycles. The Morgan fingerprint density at radius 1 is 1.41 bits per heavy atom. The van der Waals surface area contributed by atoms with Crippen molar-refractivity contribution in [3.63, 3.8) is 0 Å². The van der Waals surface area contributed by atoms with Crippen molar-refractivity contribution in [3.8, 4) is 5.75 Å². The Kier molecular flexibility index (Phi) is 6.54.